The summed E-state index contributed by atoms with van der Waals surface area (Å²) in [6.45, 7) is 2.54. The highest BCUT2D eigenvalue weighted by molar-refractivity contribution is 5.74. The van der Waals surface area contributed by atoms with Gasteiger partial charge in [0.2, 0.25) is 5.91 Å². The molecule has 0 bridgehead atoms. The fourth-order valence-corrected chi connectivity index (χ4v) is 3.49. The van der Waals surface area contributed by atoms with Crippen LogP contribution in [-0.2, 0) is 11.2 Å². The van der Waals surface area contributed by atoms with Crippen LogP contribution in [0.25, 0.3) is 0 Å². The standard InChI is InChI=1S/C21H25NO5/c1-14(23)22-10-9-15-11-20(25-3)21(26-4)12-16(15)17(22)13-27-19-8-6-5-7-18(19)24-2/h5-8,11-12,17H,9-10,13H2,1-4H3/t17-/m1/s1. The molecule has 2 aromatic rings. The van der Waals surface area contributed by atoms with Gasteiger partial charge in [0.1, 0.15) is 6.61 Å². The summed E-state index contributed by atoms with van der Waals surface area (Å²) in [5, 5.41) is 0. The highest BCUT2D eigenvalue weighted by atomic mass is 16.5. The number of hydrogen-bond acceptors (Lipinski definition) is 5. The van der Waals surface area contributed by atoms with Crippen molar-refractivity contribution in [3.63, 3.8) is 0 Å². The van der Waals surface area contributed by atoms with Gasteiger partial charge in [-0.2, -0.15) is 0 Å². The largest absolute Gasteiger partial charge is 0.493 e. The molecular formula is C21H25NO5. The quantitative estimate of drug-likeness (QED) is 0.780. The molecule has 1 amide bonds. The van der Waals surface area contributed by atoms with E-state index in [0.29, 0.717) is 36.1 Å². The number of nitrogens with zero attached hydrogens (tertiary/aromatic N) is 1. The molecule has 1 aliphatic heterocycles. The maximum Gasteiger partial charge on any atom is 0.220 e. The number of carbonyl (C=O) groups is 1. The van der Waals surface area contributed by atoms with Crippen LogP contribution in [0.2, 0.25) is 0 Å². The highest BCUT2D eigenvalue weighted by Gasteiger charge is 2.31. The molecule has 6 nitrogen and oxygen atoms in total. The maximum atomic E-state index is 12.2. The summed E-state index contributed by atoms with van der Waals surface area (Å²) < 4.78 is 22.3. The molecule has 2 aromatic carbocycles. The molecule has 0 spiro atoms. The minimum Gasteiger partial charge on any atom is -0.493 e. The first kappa shape index (κ1) is 18.9. The van der Waals surface area contributed by atoms with Crippen molar-refractivity contribution < 1.29 is 23.7 Å². The summed E-state index contributed by atoms with van der Waals surface area (Å²) in [4.78, 5) is 14.1. The van der Waals surface area contributed by atoms with Gasteiger partial charge in [0.15, 0.2) is 23.0 Å². The smallest absolute Gasteiger partial charge is 0.220 e. The van der Waals surface area contributed by atoms with E-state index in [1.165, 1.54) is 0 Å². The molecule has 6 heteroatoms. The number of methoxy groups -OCH3 is 3. The molecule has 0 saturated carbocycles. The second-order valence-corrected chi connectivity index (χ2v) is 6.35. The average Bonchev–Trinajstić information content (AvgIpc) is 2.70. The number of fused-ring (bicyclic) bond motifs is 1. The fourth-order valence-electron chi connectivity index (χ4n) is 3.49. The van der Waals surface area contributed by atoms with Crippen molar-refractivity contribution in [1.29, 1.82) is 0 Å². The van der Waals surface area contributed by atoms with Crippen molar-refractivity contribution in [2.24, 2.45) is 0 Å². The Morgan fingerprint density at radius 3 is 2.26 bits per heavy atom. The van der Waals surface area contributed by atoms with Gasteiger partial charge in [-0.1, -0.05) is 12.1 Å². The first-order chi connectivity index (χ1) is 13.1. The van der Waals surface area contributed by atoms with Gasteiger partial charge in [0, 0.05) is 13.5 Å². The second-order valence-electron chi connectivity index (χ2n) is 6.35. The first-order valence-electron chi connectivity index (χ1n) is 8.86. The molecule has 0 fully saturated rings. The lowest BCUT2D eigenvalue weighted by molar-refractivity contribution is -0.132. The van der Waals surface area contributed by atoms with Gasteiger partial charge in [0.25, 0.3) is 0 Å². The van der Waals surface area contributed by atoms with Crippen molar-refractivity contribution in [1.82, 2.24) is 4.90 Å². The molecule has 0 aliphatic carbocycles. The van der Waals surface area contributed by atoms with Crippen LogP contribution < -0.4 is 18.9 Å². The first-order valence-corrected chi connectivity index (χ1v) is 8.86. The minimum absolute atomic E-state index is 0.0176. The van der Waals surface area contributed by atoms with Gasteiger partial charge < -0.3 is 23.8 Å². The van der Waals surface area contributed by atoms with Gasteiger partial charge >= 0.3 is 0 Å². The van der Waals surface area contributed by atoms with Crippen molar-refractivity contribution in [2.45, 2.75) is 19.4 Å². The molecule has 0 unspecified atom stereocenters. The zero-order valence-corrected chi connectivity index (χ0v) is 16.2. The predicted molar refractivity (Wildman–Crippen MR) is 102 cm³/mol. The lowest BCUT2D eigenvalue weighted by atomic mass is 9.92. The number of amides is 1. The maximum absolute atomic E-state index is 12.2. The fraction of sp³-hybridized carbons (Fsp3) is 0.381. The Kier molecular flexibility index (Phi) is 5.74. The third-order valence-corrected chi connectivity index (χ3v) is 4.87. The number of rotatable bonds is 6. The Balaban J connectivity index is 1.94. The van der Waals surface area contributed by atoms with Crippen LogP contribution in [0.3, 0.4) is 0 Å². The zero-order valence-electron chi connectivity index (χ0n) is 16.2. The molecule has 1 atom stereocenters. The topological polar surface area (TPSA) is 57.2 Å². The van der Waals surface area contributed by atoms with E-state index >= 15 is 0 Å². The van der Waals surface area contributed by atoms with Crippen LogP contribution in [0.1, 0.15) is 24.1 Å². The van der Waals surface area contributed by atoms with Gasteiger partial charge in [0.05, 0.1) is 27.4 Å². The summed E-state index contributed by atoms with van der Waals surface area (Å²) in [5.41, 5.74) is 2.16. The van der Waals surface area contributed by atoms with Crippen molar-refractivity contribution >= 4 is 5.91 Å². The zero-order chi connectivity index (χ0) is 19.4. The average molecular weight is 371 g/mol. The van der Waals surface area contributed by atoms with E-state index in [4.69, 9.17) is 18.9 Å². The van der Waals surface area contributed by atoms with E-state index in [1.54, 1.807) is 28.3 Å². The molecule has 144 valence electrons. The summed E-state index contributed by atoms with van der Waals surface area (Å²) in [7, 11) is 4.84. The third-order valence-electron chi connectivity index (χ3n) is 4.87. The molecule has 1 aliphatic rings. The van der Waals surface area contributed by atoms with Crippen LogP contribution in [0.5, 0.6) is 23.0 Å². The Morgan fingerprint density at radius 2 is 1.63 bits per heavy atom. The Bertz CT molecular complexity index is 820. The second kappa shape index (κ2) is 8.20. The monoisotopic (exact) mass is 371 g/mol. The molecule has 0 aromatic heterocycles. The van der Waals surface area contributed by atoms with Gasteiger partial charge in [-0.25, -0.2) is 0 Å². The van der Waals surface area contributed by atoms with Crippen molar-refractivity contribution in [2.75, 3.05) is 34.5 Å². The van der Waals surface area contributed by atoms with Crippen LogP contribution in [0.15, 0.2) is 36.4 Å². The number of hydrogen-bond donors (Lipinski definition) is 0. The summed E-state index contributed by atoms with van der Waals surface area (Å²) in [6.07, 6.45) is 0.764. The third kappa shape index (κ3) is 3.79. The normalized spacial score (nSPS) is 15.7. The molecule has 0 N–H and O–H groups in total. The van der Waals surface area contributed by atoms with E-state index in [1.807, 2.05) is 41.3 Å². The predicted octanol–water partition coefficient (Wildman–Crippen LogP) is 3.24. The molecule has 0 radical (unpaired) electrons. The summed E-state index contributed by atoms with van der Waals surface area (Å²) >= 11 is 0. The molecule has 27 heavy (non-hydrogen) atoms. The Hall–Kier alpha value is -2.89. The number of carbonyl (C=O) groups excluding carboxylic acids is 1. The lowest BCUT2D eigenvalue weighted by Crippen LogP contribution is -2.41. The number of ether oxygens (including phenoxy) is 4. The SMILES string of the molecule is COc1cc2c(cc1OC)[C@@H](COc1ccccc1OC)N(C(C)=O)CC2. The minimum atomic E-state index is -0.212. The number of para-hydroxylation sites is 2. The van der Waals surface area contributed by atoms with Crippen LogP contribution in [-0.4, -0.2) is 45.3 Å². The summed E-state index contributed by atoms with van der Waals surface area (Å²) in [6, 6.07) is 11.2. The van der Waals surface area contributed by atoms with Crippen molar-refractivity contribution in [3.8, 4) is 23.0 Å². The van der Waals surface area contributed by atoms with Crippen LogP contribution >= 0.6 is 0 Å². The van der Waals surface area contributed by atoms with E-state index in [2.05, 4.69) is 0 Å². The van der Waals surface area contributed by atoms with Gasteiger partial charge in [-0.15, -0.1) is 0 Å². The van der Waals surface area contributed by atoms with Gasteiger partial charge in [-0.05, 0) is 41.8 Å². The van der Waals surface area contributed by atoms with Gasteiger partial charge in [-0.3, -0.25) is 4.79 Å². The van der Waals surface area contributed by atoms with E-state index in [9.17, 15) is 4.79 Å². The van der Waals surface area contributed by atoms with Crippen molar-refractivity contribution in [3.05, 3.63) is 47.5 Å². The molecular weight excluding hydrogens is 346 g/mol. The van der Waals surface area contributed by atoms with Crippen LogP contribution in [0.4, 0.5) is 0 Å². The molecule has 3 rings (SSSR count). The van der Waals surface area contributed by atoms with E-state index < -0.39 is 0 Å². The summed E-state index contributed by atoms with van der Waals surface area (Å²) in [5.74, 6) is 2.66. The van der Waals surface area contributed by atoms with E-state index in [0.717, 1.165) is 17.5 Å². The Labute approximate surface area is 159 Å². The number of benzene rings is 2. The lowest BCUT2D eigenvalue weighted by Gasteiger charge is -2.37. The van der Waals surface area contributed by atoms with Crippen LogP contribution in [0, 0.1) is 0 Å². The molecule has 0 saturated heterocycles. The van der Waals surface area contributed by atoms with E-state index in [-0.39, 0.29) is 11.9 Å². The molecule has 1 heterocycles. The highest BCUT2D eigenvalue weighted by Crippen LogP contribution is 2.39. The Morgan fingerprint density at radius 1 is 1.00 bits per heavy atom.